The highest BCUT2D eigenvalue weighted by molar-refractivity contribution is 5.79. The third kappa shape index (κ3) is 3.93. The van der Waals surface area contributed by atoms with Crippen LogP contribution in [0.4, 0.5) is 0 Å². The first kappa shape index (κ1) is 17.7. The SMILES string of the molecule is CC(=O)NC(C)C1CCN(Cc2cc3ccccc3n(C)c2=O)CC1. The molecule has 1 N–H and O–H groups in total. The Labute approximate surface area is 148 Å². The highest BCUT2D eigenvalue weighted by Gasteiger charge is 2.24. The molecule has 5 nitrogen and oxygen atoms in total. The van der Waals surface area contributed by atoms with Crippen molar-refractivity contribution in [3.8, 4) is 0 Å². The minimum atomic E-state index is 0.0367. The number of aryl methyl sites for hydroxylation is 1. The number of hydrogen-bond donors (Lipinski definition) is 1. The van der Waals surface area contributed by atoms with Gasteiger partial charge < -0.3 is 9.88 Å². The molecule has 1 aromatic carbocycles. The summed E-state index contributed by atoms with van der Waals surface area (Å²) < 4.78 is 1.75. The molecule has 0 spiro atoms. The van der Waals surface area contributed by atoms with E-state index in [1.807, 2.05) is 31.3 Å². The number of nitrogens with one attached hydrogen (secondary N) is 1. The summed E-state index contributed by atoms with van der Waals surface area (Å²) in [6, 6.07) is 10.3. The Morgan fingerprint density at radius 3 is 2.64 bits per heavy atom. The van der Waals surface area contributed by atoms with E-state index in [1.54, 1.807) is 11.5 Å². The average Bonchev–Trinajstić information content (AvgIpc) is 2.59. The maximum atomic E-state index is 12.6. The molecule has 0 aliphatic carbocycles. The fourth-order valence-corrected chi connectivity index (χ4v) is 3.89. The fraction of sp³-hybridized carbons (Fsp3) is 0.500. The largest absolute Gasteiger partial charge is 0.354 e. The van der Waals surface area contributed by atoms with E-state index in [0.717, 1.165) is 42.4 Å². The molecule has 134 valence electrons. The molecule has 3 rings (SSSR count). The lowest BCUT2D eigenvalue weighted by atomic mass is 9.90. The lowest BCUT2D eigenvalue weighted by molar-refractivity contribution is -0.120. The molecule has 1 aliphatic rings. The second kappa shape index (κ2) is 7.40. The van der Waals surface area contributed by atoms with Crippen molar-refractivity contribution in [2.45, 2.75) is 39.3 Å². The summed E-state index contributed by atoms with van der Waals surface area (Å²) in [5.74, 6) is 0.550. The van der Waals surface area contributed by atoms with Gasteiger partial charge in [0.15, 0.2) is 0 Å². The molecular weight excluding hydrogens is 314 g/mol. The number of benzene rings is 1. The van der Waals surface area contributed by atoms with Crippen molar-refractivity contribution in [2.24, 2.45) is 13.0 Å². The predicted molar refractivity (Wildman–Crippen MR) is 100 cm³/mol. The van der Waals surface area contributed by atoms with Crippen LogP contribution in [0.5, 0.6) is 0 Å². The van der Waals surface area contributed by atoms with Crippen LogP contribution in [0.3, 0.4) is 0 Å². The third-order valence-electron chi connectivity index (χ3n) is 5.37. The van der Waals surface area contributed by atoms with Crippen LogP contribution in [0, 0.1) is 5.92 Å². The van der Waals surface area contributed by atoms with E-state index in [1.165, 1.54) is 0 Å². The minimum absolute atomic E-state index is 0.0367. The Morgan fingerprint density at radius 1 is 1.28 bits per heavy atom. The lowest BCUT2D eigenvalue weighted by Crippen LogP contribution is -2.43. The van der Waals surface area contributed by atoms with E-state index in [0.29, 0.717) is 12.5 Å². The summed E-state index contributed by atoms with van der Waals surface area (Å²) in [5.41, 5.74) is 1.92. The maximum Gasteiger partial charge on any atom is 0.255 e. The number of aromatic nitrogens is 1. The number of fused-ring (bicyclic) bond motifs is 1. The Hall–Kier alpha value is -2.14. The van der Waals surface area contributed by atoms with Gasteiger partial charge in [0.2, 0.25) is 5.91 Å². The van der Waals surface area contributed by atoms with Gasteiger partial charge in [0.1, 0.15) is 0 Å². The molecule has 1 unspecified atom stereocenters. The number of pyridine rings is 1. The summed E-state index contributed by atoms with van der Waals surface area (Å²) in [4.78, 5) is 26.2. The summed E-state index contributed by atoms with van der Waals surface area (Å²) in [6.07, 6.45) is 2.10. The van der Waals surface area contributed by atoms with Crippen LogP contribution in [0.1, 0.15) is 32.3 Å². The molecule has 0 saturated carbocycles. The highest BCUT2D eigenvalue weighted by atomic mass is 16.1. The van der Waals surface area contributed by atoms with E-state index < -0.39 is 0 Å². The van der Waals surface area contributed by atoms with Crippen LogP contribution >= 0.6 is 0 Å². The third-order valence-corrected chi connectivity index (χ3v) is 5.37. The molecule has 1 saturated heterocycles. The van der Waals surface area contributed by atoms with Gasteiger partial charge >= 0.3 is 0 Å². The van der Waals surface area contributed by atoms with Gasteiger partial charge in [-0.25, -0.2) is 0 Å². The first-order chi connectivity index (χ1) is 12.0. The van der Waals surface area contributed by atoms with Crippen molar-refractivity contribution < 1.29 is 4.79 Å². The van der Waals surface area contributed by atoms with Gasteiger partial charge in [0.05, 0.1) is 5.52 Å². The Morgan fingerprint density at radius 2 is 1.96 bits per heavy atom. The van der Waals surface area contributed by atoms with Crippen molar-refractivity contribution in [3.05, 3.63) is 46.2 Å². The predicted octanol–water partition coefficient (Wildman–Crippen LogP) is 2.28. The van der Waals surface area contributed by atoms with Crippen molar-refractivity contribution in [1.82, 2.24) is 14.8 Å². The number of amides is 1. The summed E-state index contributed by atoms with van der Waals surface area (Å²) in [5, 5.41) is 4.11. The van der Waals surface area contributed by atoms with Crippen LogP contribution in [0.2, 0.25) is 0 Å². The van der Waals surface area contributed by atoms with E-state index in [9.17, 15) is 9.59 Å². The number of hydrogen-bond acceptors (Lipinski definition) is 3. The zero-order valence-electron chi connectivity index (χ0n) is 15.3. The first-order valence-electron chi connectivity index (χ1n) is 9.03. The van der Waals surface area contributed by atoms with E-state index >= 15 is 0 Å². The molecule has 1 aliphatic heterocycles. The first-order valence-corrected chi connectivity index (χ1v) is 9.03. The normalized spacial score (nSPS) is 17.6. The second-order valence-corrected chi connectivity index (χ2v) is 7.20. The van der Waals surface area contributed by atoms with Crippen LogP contribution in [0.25, 0.3) is 10.9 Å². The van der Waals surface area contributed by atoms with Crippen molar-refractivity contribution >= 4 is 16.8 Å². The zero-order valence-corrected chi connectivity index (χ0v) is 15.3. The molecule has 2 heterocycles. The van der Waals surface area contributed by atoms with Gasteiger partial charge in [0.25, 0.3) is 5.56 Å². The van der Waals surface area contributed by atoms with Crippen LogP contribution < -0.4 is 10.9 Å². The van der Waals surface area contributed by atoms with Crippen molar-refractivity contribution in [3.63, 3.8) is 0 Å². The lowest BCUT2D eigenvalue weighted by Gasteiger charge is -2.35. The molecule has 1 aromatic heterocycles. The number of carbonyl (C=O) groups excluding carboxylic acids is 1. The minimum Gasteiger partial charge on any atom is -0.354 e. The molecule has 1 fully saturated rings. The second-order valence-electron chi connectivity index (χ2n) is 7.20. The molecule has 5 heteroatoms. The van der Waals surface area contributed by atoms with Gasteiger partial charge in [-0.15, -0.1) is 0 Å². The smallest absolute Gasteiger partial charge is 0.255 e. The molecule has 1 atom stereocenters. The Bertz CT molecular complexity index is 819. The Kier molecular flexibility index (Phi) is 5.23. The standard InChI is InChI=1S/C20H27N3O2/c1-14(21-15(2)24)16-8-10-23(11-9-16)13-18-12-17-6-4-5-7-19(17)22(3)20(18)25/h4-7,12,14,16H,8-11,13H2,1-3H3,(H,21,24). The number of likely N-dealkylation sites (tertiary alicyclic amines) is 1. The molecule has 25 heavy (non-hydrogen) atoms. The van der Waals surface area contributed by atoms with Gasteiger partial charge in [0, 0.05) is 32.1 Å². The van der Waals surface area contributed by atoms with Crippen LogP contribution in [-0.4, -0.2) is 34.5 Å². The van der Waals surface area contributed by atoms with Gasteiger partial charge in [-0.1, -0.05) is 18.2 Å². The topological polar surface area (TPSA) is 54.3 Å². The maximum absolute atomic E-state index is 12.6. The van der Waals surface area contributed by atoms with E-state index in [2.05, 4.69) is 23.2 Å². The number of para-hydroxylation sites is 1. The summed E-state index contributed by atoms with van der Waals surface area (Å²) in [6.45, 7) is 6.27. The molecular formula is C20H27N3O2. The number of rotatable bonds is 4. The average molecular weight is 341 g/mol. The van der Waals surface area contributed by atoms with Crippen LogP contribution in [-0.2, 0) is 18.4 Å². The quantitative estimate of drug-likeness (QED) is 0.928. The molecule has 0 bridgehead atoms. The zero-order chi connectivity index (χ0) is 18.0. The van der Waals surface area contributed by atoms with E-state index in [-0.39, 0.29) is 17.5 Å². The van der Waals surface area contributed by atoms with Gasteiger partial charge in [-0.3, -0.25) is 14.5 Å². The highest BCUT2D eigenvalue weighted by Crippen LogP contribution is 2.22. The van der Waals surface area contributed by atoms with Crippen molar-refractivity contribution in [1.29, 1.82) is 0 Å². The number of piperidine rings is 1. The van der Waals surface area contributed by atoms with Crippen LogP contribution in [0.15, 0.2) is 35.1 Å². The summed E-state index contributed by atoms with van der Waals surface area (Å²) in [7, 11) is 1.84. The molecule has 2 aromatic rings. The monoisotopic (exact) mass is 341 g/mol. The number of nitrogens with zero attached hydrogens (tertiary/aromatic N) is 2. The summed E-state index contributed by atoms with van der Waals surface area (Å²) >= 11 is 0. The fourth-order valence-electron chi connectivity index (χ4n) is 3.89. The van der Waals surface area contributed by atoms with Gasteiger partial charge in [-0.05, 0) is 56.3 Å². The Balaban J connectivity index is 1.68. The molecule has 0 radical (unpaired) electrons. The number of carbonyl (C=O) groups is 1. The van der Waals surface area contributed by atoms with E-state index in [4.69, 9.17) is 0 Å². The van der Waals surface area contributed by atoms with Gasteiger partial charge in [-0.2, -0.15) is 0 Å². The van der Waals surface area contributed by atoms with Crippen molar-refractivity contribution in [2.75, 3.05) is 13.1 Å². The molecule has 1 amide bonds.